The molecule has 1 aromatic carbocycles. The highest BCUT2D eigenvalue weighted by molar-refractivity contribution is 7.92. The van der Waals surface area contributed by atoms with E-state index in [4.69, 9.17) is 0 Å². The summed E-state index contributed by atoms with van der Waals surface area (Å²) in [6.07, 6.45) is 5.45. The molecular weight excluding hydrogens is 368 g/mol. The Balaban J connectivity index is 1.75. The molecule has 26 heavy (non-hydrogen) atoms. The molecule has 138 valence electrons. The van der Waals surface area contributed by atoms with Crippen LogP contribution in [0.5, 0.6) is 0 Å². The number of carbonyl (C=O) groups excluding carboxylic acids is 1. The molecule has 5 nitrogen and oxygen atoms in total. The fourth-order valence-electron chi connectivity index (χ4n) is 3.02. The highest BCUT2D eigenvalue weighted by Crippen LogP contribution is 2.32. The van der Waals surface area contributed by atoms with Crippen molar-refractivity contribution in [3.8, 4) is 0 Å². The van der Waals surface area contributed by atoms with Crippen LogP contribution in [-0.4, -0.2) is 26.6 Å². The average Bonchev–Trinajstić information content (AvgIpc) is 3.13. The summed E-state index contributed by atoms with van der Waals surface area (Å²) in [4.78, 5) is 12.1. The summed E-state index contributed by atoms with van der Waals surface area (Å²) in [6.45, 7) is 2.38. The fourth-order valence-corrected chi connectivity index (χ4v) is 5.27. The van der Waals surface area contributed by atoms with Crippen molar-refractivity contribution in [2.45, 2.75) is 26.2 Å². The second kappa shape index (κ2) is 8.05. The third-order valence-electron chi connectivity index (χ3n) is 4.19. The third kappa shape index (κ3) is 4.34. The number of nitrogens with one attached hydrogen (secondary N) is 1. The molecule has 0 saturated heterocycles. The Morgan fingerprint density at radius 1 is 1.35 bits per heavy atom. The lowest BCUT2D eigenvalue weighted by Gasteiger charge is -2.30. The predicted octanol–water partition coefficient (Wildman–Crippen LogP) is 3.89. The standard InChI is InChI=1S/C19H22N2O3S2/c1-2-12-26(23,24)21-10-3-4-16-13-17(6-7-18(16)21)20-19(22)8-5-15-9-11-25-14-15/h5-9,11,13-14H,2-4,10,12H2,1H3,(H,20,22)/b8-5+. The van der Waals surface area contributed by atoms with Crippen LogP contribution in [-0.2, 0) is 21.2 Å². The van der Waals surface area contributed by atoms with Gasteiger partial charge < -0.3 is 5.32 Å². The van der Waals surface area contributed by atoms with E-state index in [2.05, 4.69) is 5.32 Å². The van der Waals surface area contributed by atoms with Gasteiger partial charge in [0, 0.05) is 18.3 Å². The van der Waals surface area contributed by atoms with Crippen LogP contribution < -0.4 is 9.62 Å². The lowest BCUT2D eigenvalue weighted by molar-refractivity contribution is -0.111. The maximum Gasteiger partial charge on any atom is 0.248 e. The van der Waals surface area contributed by atoms with E-state index in [0.717, 1.165) is 29.7 Å². The molecule has 2 heterocycles. The number of hydrogen-bond donors (Lipinski definition) is 1. The number of nitrogens with zero attached hydrogens (tertiary/aromatic N) is 1. The topological polar surface area (TPSA) is 66.5 Å². The number of amides is 1. The summed E-state index contributed by atoms with van der Waals surface area (Å²) in [5.41, 5.74) is 3.36. The van der Waals surface area contributed by atoms with Gasteiger partial charge in [-0.15, -0.1) is 0 Å². The molecular formula is C19H22N2O3S2. The molecule has 0 unspecified atom stereocenters. The first-order valence-corrected chi connectivity index (χ1v) is 11.2. The molecule has 0 aliphatic carbocycles. The van der Waals surface area contributed by atoms with E-state index in [-0.39, 0.29) is 11.7 Å². The second-order valence-electron chi connectivity index (χ2n) is 6.21. The van der Waals surface area contributed by atoms with E-state index >= 15 is 0 Å². The van der Waals surface area contributed by atoms with Gasteiger partial charge in [-0.25, -0.2) is 8.42 Å². The van der Waals surface area contributed by atoms with E-state index in [9.17, 15) is 13.2 Å². The number of hydrogen-bond acceptors (Lipinski definition) is 4. The normalized spacial score (nSPS) is 14.4. The lowest BCUT2D eigenvalue weighted by atomic mass is 10.0. The van der Waals surface area contributed by atoms with E-state index < -0.39 is 10.0 Å². The SMILES string of the molecule is CCCS(=O)(=O)N1CCCc2cc(NC(=O)/C=C/c3ccsc3)ccc21. The molecule has 0 fully saturated rings. The van der Waals surface area contributed by atoms with Gasteiger partial charge in [0.25, 0.3) is 0 Å². The molecule has 0 saturated carbocycles. The van der Waals surface area contributed by atoms with Crippen molar-refractivity contribution in [2.24, 2.45) is 0 Å². The van der Waals surface area contributed by atoms with Crippen molar-refractivity contribution in [3.05, 3.63) is 52.2 Å². The van der Waals surface area contributed by atoms with Crippen molar-refractivity contribution < 1.29 is 13.2 Å². The number of rotatable bonds is 6. The molecule has 2 aromatic rings. The largest absolute Gasteiger partial charge is 0.323 e. The van der Waals surface area contributed by atoms with E-state index in [1.54, 1.807) is 29.5 Å². The minimum Gasteiger partial charge on any atom is -0.323 e. The van der Waals surface area contributed by atoms with Gasteiger partial charge in [-0.3, -0.25) is 9.10 Å². The van der Waals surface area contributed by atoms with Crippen LogP contribution in [0.25, 0.3) is 6.08 Å². The van der Waals surface area contributed by atoms with Gasteiger partial charge in [0.1, 0.15) is 0 Å². The van der Waals surface area contributed by atoms with Crippen LogP contribution in [0.2, 0.25) is 0 Å². The Morgan fingerprint density at radius 2 is 2.19 bits per heavy atom. The summed E-state index contributed by atoms with van der Waals surface area (Å²) in [7, 11) is -3.28. The van der Waals surface area contributed by atoms with Crippen LogP contribution in [0.15, 0.2) is 41.1 Å². The molecule has 1 aliphatic heterocycles. The third-order valence-corrected chi connectivity index (χ3v) is 6.87. The summed E-state index contributed by atoms with van der Waals surface area (Å²) >= 11 is 1.58. The van der Waals surface area contributed by atoms with Gasteiger partial charge in [0.15, 0.2) is 0 Å². The summed E-state index contributed by atoms with van der Waals surface area (Å²) in [5.74, 6) is -0.0550. The Morgan fingerprint density at radius 3 is 2.92 bits per heavy atom. The predicted molar refractivity (Wildman–Crippen MR) is 108 cm³/mol. The van der Waals surface area contributed by atoms with Crippen LogP contribution >= 0.6 is 11.3 Å². The molecule has 0 radical (unpaired) electrons. The van der Waals surface area contributed by atoms with E-state index in [1.165, 1.54) is 10.4 Å². The Bertz CT molecular complexity index is 903. The monoisotopic (exact) mass is 390 g/mol. The van der Waals surface area contributed by atoms with Crippen molar-refractivity contribution in [3.63, 3.8) is 0 Å². The van der Waals surface area contributed by atoms with Crippen LogP contribution in [0.1, 0.15) is 30.9 Å². The number of benzene rings is 1. The molecule has 1 amide bonds. The van der Waals surface area contributed by atoms with Gasteiger partial charge in [-0.05, 0) is 71.5 Å². The van der Waals surface area contributed by atoms with Gasteiger partial charge in [0.2, 0.25) is 15.9 Å². The van der Waals surface area contributed by atoms with Crippen molar-refractivity contribution in [1.82, 2.24) is 0 Å². The van der Waals surface area contributed by atoms with Crippen molar-refractivity contribution >= 4 is 44.7 Å². The first kappa shape index (κ1) is 18.7. The molecule has 7 heteroatoms. The van der Waals surface area contributed by atoms with Gasteiger partial charge in [0.05, 0.1) is 11.4 Å². The van der Waals surface area contributed by atoms with Crippen LogP contribution in [0, 0.1) is 0 Å². The van der Waals surface area contributed by atoms with Crippen molar-refractivity contribution in [2.75, 3.05) is 21.9 Å². The number of carbonyl (C=O) groups is 1. The smallest absolute Gasteiger partial charge is 0.248 e. The van der Waals surface area contributed by atoms with E-state index in [0.29, 0.717) is 18.7 Å². The van der Waals surface area contributed by atoms with Gasteiger partial charge >= 0.3 is 0 Å². The van der Waals surface area contributed by atoms with Gasteiger partial charge in [-0.1, -0.05) is 6.92 Å². The Labute approximate surface area is 158 Å². The number of sulfonamides is 1. The first-order valence-electron chi connectivity index (χ1n) is 8.64. The van der Waals surface area contributed by atoms with Crippen LogP contribution in [0.4, 0.5) is 11.4 Å². The quantitative estimate of drug-likeness (QED) is 0.761. The molecule has 1 N–H and O–H groups in total. The zero-order valence-corrected chi connectivity index (χ0v) is 16.3. The summed E-state index contributed by atoms with van der Waals surface area (Å²) in [6, 6.07) is 7.37. The first-order chi connectivity index (χ1) is 12.5. The lowest BCUT2D eigenvalue weighted by Crippen LogP contribution is -2.37. The average molecular weight is 391 g/mol. The summed E-state index contributed by atoms with van der Waals surface area (Å²) < 4.78 is 26.4. The highest BCUT2D eigenvalue weighted by Gasteiger charge is 2.26. The number of fused-ring (bicyclic) bond motifs is 1. The zero-order chi connectivity index (χ0) is 18.6. The molecule has 0 atom stereocenters. The van der Waals surface area contributed by atoms with Crippen molar-refractivity contribution in [1.29, 1.82) is 0 Å². The second-order valence-corrected chi connectivity index (χ2v) is 9.01. The maximum absolute atomic E-state index is 12.5. The molecule has 0 spiro atoms. The summed E-state index contributed by atoms with van der Waals surface area (Å²) in [5, 5.41) is 6.77. The maximum atomic E-state index is 12.5. The van der Waals surface area contributed by atoms with Gasteiger partial charge in [-0.2, -0.15) is 11.3 Å². The molecule has 0 bridgehead atoms. The molecule has 3 rings (SSSR count). The van der Waals surface area contributed by atoms with E-state index in [1.807, 2.05) is 29.8 Å². The number of aryl methyl sites for hydroxylation is 1. The van der Waals surface area contributed by atoms with Crippen LogP contribution in [0.3, 0.4) is 0 Å². The Kier molecular flexibility index (Phi) is 5.78. The molecule has 1 aliphatic rings. The minimum absolute atomic E-state index is 0.151. The number of thiophene rings is 1. The number of anilines is 2. The zero-order valence-electron chi connectivity index (χ0n) is 14.6. The highest BCUT2D eigenvalue weighted by atomic mass is 32.2. The Hall–Kier alpha value is -2.12. The fraction of sp³-hybridized carbons (Fsp3) is 0.316. The molecule has 1 aromatic heterocycles. The minimum atomic E-state index is -3.28.